The fourth-order valence-electron chi connectivity index (χ4n) is 1.58. The van der Waals surface area contributed by atoms with E-state index in [1.807, 2.05) is 0 Å². The summed E-state index contributed by atoms with van der Waals surface area (Å²) in [6.45, 7) is 2.79. The quantitative estimate of drug-likeness (QED) is 0.883. The second kappa shape index (κ2) is 5.58. The summed E-state index contributed by atoms with van der Waals surface area (Å²) in [5, 5.41) is 11.8. The smallest absolute Gasteiger partial charge is 0.251 e. The molecule has 1 aromatic carbocycles. The van der Waals surface area contributed by atoms with Crippen molar-refractivity contribution in [2.24, 2.45) is 0 Å². The lowest BCUT2D eigenvalue weighted by Gasteiger charge is -2.20. The van der Waals surface area contributed by atoms with Crippen molar-refractivity contribution >= 4 is 21.8 Å². The molecule has 0 saturated heterocycles. The van der Waals surface area contributed by atoms with Crippen molar-refractivity contribution in [3.63, 3.8) is 0 Å². The van der Waals surface area contributed by atoms with Gasteiger partial charge in [0.25, 0.3) is 5.91 Å². The SMILES string of the molecule is C[C@H](O)CNC(=O)c1cc(Br)c2c(c1)OCCO2. The van der Waals surface area contributed by atoms with Gasteiger partial charge in [0.15, 0.2) is 11.5 Å². The largest absolute Gasteiger partial charge is 0.486 e. The second-order valence-corrected chi connectivity index (χ2v) is 4.90. The van der Waals surface area contributed by atoms with Crippen molar-refractivity contribution in [3.8, 4) is 11.5 Å². The van der Waals surface area contributed by atoms with Crippen molar-refractivity contribution in [1.82, 2.24) is 5.32 Å². The van der Waals surface area contributed by atoms with Gasteiger partial charge in [-0.3, -0.25) is 4.79 Å². The first kappa shape index (κ1) is 13.2. The minimum atomic E-state index is -0.574. The van der Waals surface area contributed by atoms with Gasteiger partial charge >= 0.3 is 0 Å². The van der Waals surface area contributed by atoms with Crippen LogP contribution in [0.4, 0.5) is 0 Å². The number of carbonyl (C=O) groups excluding carboxylic acids is 1. The fourth-order valence-corrected chi connectivity index (χ4v) is 2.14. The monoisotopic (exact) mass is 315 g/mol. The predicted molar refractivity (Wildman–Crippen MR) is 69.1 cm³/mol. The Morgan fingerprint density at radius 3 is 2.94 bits per heavy atom. The Bertz CT molecular complexity index is 462. The molecule has 0 unspecified atom stereocenters. The number of amides is 1. The van der Waals surface area contributed by atoms with Crippen molar-refractivity contribution in [1.29, 1.82) is 0 Å². The van der Waals surface area contributed by atoms with E-state index >= 15 is 0 Å². The molecule has 0 aromatic heterocycles. The molecule has 1 heterocycles. The van der Waals surface area contributed by atoms with Gasteiger partial charge in [0.1, 0.15) is 13.2 Å². The molecule has 0 aliphatic carbocycles. The minimum absolute atomic E-state index is 0.213. The van der Waals surface area contributed by atoms with Gasteiger partial charge in [-0.1, -0.05) is 0 Å². The number of nitrogens with one attached hydrogen (secondary N) is 1. The Morgan fingerprint density at radius 1 is 1.50 bits per heavy atom. The van der Waals surface area contributed by atoms with Gasteiger partial charge in [0.2, 0.25) is 0 Å². The number of hydrogen-bond donors (Lipinski definition) is 2. The fraction of sp³-hybridized carbons (Fsp3) is 0.417. The Morgan fingerprint density at radius 2 is 2.22 bits per heavy atom. The number of aliphatic hydroxyl groups excluding tert-OH is 1. The highest BCUT2D eigenvalue weighted by Crippen LogP contribution is 2.38. The lowest BCUT2D eigenvalue weighted by Crippen LogP contribution is -2.30. The molecule has 1 amide bonds. The molecule has 2 rings (SSSR count). The molecule has 18 heavy (non-hydrogen) atoms. The summed E-state index contributed by atoms with van der Waals surface area (Å²) in [4.78, 5) is 11.8. The van der Waals surface area contributed by atoms with Crippen LogP contribution in [0.5, 0.6) is 11.5 Å². The molecule has 6 heteroatoms. The van der Waals surface area contributed by atoms with E-state index < -0.39 is 6.10 Å². The number of hydrogen-bond acceptors (Lipinski definition) is 4. The van der Waals surface area contributed by atoms with E-state index in [1.165, 1.54) is 0 Å². The molecule has 0 spiro atoms. The molecular weight excluding hydrogens is 302 g/mol. The van der Waals surface area contributed by atoms with Crippen LogP contribution in [0.2, 0.25) is 0 Å². The number of fused-ring (bicyclic) bond motifs is 1. The average molecular weight is 316 g/mol. The summed E-state index contributed by atoms with van der Waals surface area (Å²) < 4.78 is 11.6. The number of aliphatic hydroxyl groups is 1. The van der Waals surface area contributed by atoms with Gasteiger partial charge in [-0.05, 0) is 35.0 Å². The van der Waals surface area contributed by atoms with E-state index in [4.69, 9.17) is 14.6 Å². The zero-order valence-electron chi connectivity index (χ0n) is 9.90. The summed E-state index contributed by atoms with van der Waals surface area (Å²) in [6, 6.07) is 3.31. The molecular formula is C12H14BrNO4. The van der Waals surface area contributed by atoms with Crippen molar-refractivity contribution in [3.05, 3.63) is 22.2 Å². The second-order valence-electron chi connectivity index (χ2n) is 4.04. The van der Waals surface area contributed by atoms with Crippen molar-refractivity contribution < 1.29 is 19.4 Å². The molecule has 0 radical (unpaired) electrons. The summed E-state index contributed by atoms with van der Waals surface area (Å²) in [5.74, 6) is 0.916. The third-order valence-electron chi connectivity index (χ3n) is 2.42. The number of rotatable bonds is 3. The Hall–Kier alpha value is -1.27. The molecule has 98 valence electrons. The van der Waals surface area contributed by atoms with Crippen LogP contribution in [0.25, 0.3) is 0 Å². The molecule has 1 aromatic rings. The summed E-state index contributed by atoms with van der Waals surface area (Å²) in [6.07, 6.45) is -0.574. The zero-order valence-corrected chi connectivity index (χ0v) is 11.5. The van der Waals surface area contributed by atoms with Gasteiger partial charge in [-0.25, -0.2) is 0 Å². The van der Waals surface area contributed by atoms with Crippen LogP contribution in [-0.2, 0) is 0 Å². The average Bonchev–Trinajstić information content (AvgIpc) is 2.36. The maximum Gasteiger partial charge on any atom is 0.251 e. The molecule has 0 fully saturated rings. The van der Waals surface area contributed by atoms with Gasteiger partial charge in [0.05, 0.1) is 10.6 Å². The highest BCUT2D eigenvalue weighted by atomic mass is 79.9. The van der Waals surface area contributed by atoms with Gasteiger partial charge < -0.3 is 19.9 Å². The van der Waals surface area contributed by atoms with Crippen LogP contribution in [0.3, 0.4) is 0 Å². The minimum Gasteiger partial charge on any atom is -0.486 e. The number of ether oxygens (including phenoxy) is 2. The van der Waals surface area contributed by atoms with Gasteiger partial charge in [0, 0.05) is 12.1 Å². The van der Waals surface area contributed by atoms with Crippen LogP contribution in [0.1, 0.15) is 17.3 Å². The van der Waals surface area contributed by atoms with E-state index in [2.05, 4.69) is 21.2 Å². The number of benzene rings is 1. The zero-order chi connectivity index (χ0) is 13.1. The lowest BCUT2D eigenvalue weighted by molar-refractivity contribution is 0.0922. The molecule has 2 N–H and O–H groups in total. The van der Waals surface area contributed by atoms with E-state index in [1.54, 1.807) is 19.1 Å². The van der Waals surface area contributed by atoms with E-state index in [-0.39, 0.29) is 12.5 Å². The first-order valence-corrected chi connectivity index (χ1v) is 6.42. The molecule has 1 atom stereocenters. The Labute approximate surface area is 113 Å². The Balaban J connectivity index is 2.19. The van der Waals surface area contributed by atoms with Crippen LogP contribution >= 0.6 is 15.9 Å². The molecule has 0 bridgehead atoms. The maximum atomic E-state index is 11.8. The third-order valence-corrected chi connectivity index (χ3v) is 3.01. The maximum absolute atomic E-state index is 11.8. The standard InChI is InChI=1S/C12H14BrNO4/c1-7(15)6-14-12(16)8-4-9(13)11-10(5-8)17-2-3-18-11/h4-5,7,15H,2-3,6H2,1H3,(H,14,16)/t7-/m0/s1. The molecule has 0 saturated carbocycles. The number of carbonyl (C=O) groups is 1. The normalized spacial score (nSPS) is 15.1. The van der Waals surface area contributed by atoms with Crippen LogP contribution in [0.15, 0.2) is 16.6 Å². The molecule has 5 nitrogen and oxygen atoms in total. The first-order valence-electron chi connectivity index (χ1n) is 5.63. The van der Waals surface area contributed by atoms with E-state index in [0.29, 0.717) is 34.7 Å². The summed E-state index contributed by atoms with van der Waals surface area (Å²) in [5.41, 5.74) is 0.465. The number of halogens is 1. The van der Waals surface area contributed by atoms with E-state index in [9.17, 15) is 4.79 Å². The third kappa shape index (κ3) is 2.94. The highest BCUT2D eigenvalue weighted by Gasteiger charge is 2.18. The van der Waals surface area contributed by atoms with Gasteiger partial charge in [-0.15, -0.1) is 0 Å². The lowest BCUT2D eigenvalue weighted by atomic mass is 10.1. The first-order chi connectivity index (χ1) is 8.58. The van der Waals surface area contributed by atoms with Crippen molar-refractivity contribution in [2.45, 2.75) is 13.0 Å². The van der Waals surface area contributed by atoms with Crippen molar-refractivity contribution in [2.75, 3.05) is 19.8 Å². The van der Waals surface area contributed by atoms with Crippen LogP contribution < -0.4 is 14.8 Å². The van der Waals surface area contributed by atoms with Crippen LogP contribution in [-0.4, -0.2) is 36.9 Å². The summed E-state index contributed by atoms with van der Waals surface area (Å²) >= 11 is 3.35. The summed E-state index contributed by atoms with van der Waals surface area (Å²) in [7, 11) is 0. The van der Waals surface area contributed by atoms with Gasteiger partial charge in [-0.2, -0.15) is 0 Å². The Kier molecular flexibility index (Phi) is 4.08. The topological polar surface area (TPSA) is 67.8 Å². The highest BCUT2D eigenvalue weighted by molar-refractivity contribution is 9.10. The molecule has 1 aliphatic heterocycles. The molecule has 1 aliphatic rings. The predicted octanol–water partition coefficient (Wildman–Crippen LogP) is 1.33. The van der Waals surface area contributed by atoms with E-state index in [0.717, 1.165) is 0 Å². The van der Waals surface area contributed by atoms with Crippen LogP contribution in [0, 0.1) is 0 Å².